The Balaban J connectivity index is 1.53. The lowest BCUT2D eigenvalue weighted by molar-refractivity contribution is 0.589. The molecule has 0 amide bonds. The number of rotatable bonds is 4. The van der Waals surface area contributed by atoms with Crippen molar-refractivity contribution in [3.63, 3.8) is 0 Å². The molecule has 0 atom stereocenters. The molecule has 0 unspecified atom stereocenters. The van der Waals surface area contributed by atoms with Crippen LogP contribution in [0.25, 0.3) is 34.9 Å². The lowest BCUT2D eigenvalue weighted by Crippen LogP contribution is -1.78. The highest BCUT2D eigenvalue weighted by molar-refractivity contribution is 5.71. The number of hydrogen-bond donors (Lipinski definition) is 0. The molecule has 2 heteroatoms. The van der Waals surface area contributed by atoms with Crippen molar-refractivity contribution in [3.8, 4) is 22.8 Å². The summed E-state index contributed by atoms with van der Waals surface area (Å²) < 4.78 is 5.90. The van der Waals surface area contributed by atoms with Crippen LogP contribution in [0.5, 0.6) is 0 Å². The molecule has 3 aromatic carbocycles. The van der Waals surface area contributed by atoms with Crippen molar-refractivity contribution in [3.05, 3.63) is 102 Å². The molecule has 0 bridgehead atoms. The zero-order valence-corrected chi connectivity index (χ0v) is 13.7. The van der Waals surface area contributed by atoms with E-state index in [1.807, 2.05) is 60.7 Å². The summed E-state index contributed by atoms with van der Waals surface area (Å²) in [5.41, 5.74) is 4.33. The standard InChI is InChI=1S/C23H17NO/c1-3-7-18(8-4-1)11-12-19-13-15-21(16-14-19)23-24-17-22(25-23)20-9-5-2-6-10-20/h1-17H. The van der Waals surface area contributed by atoms with Gasteiger partial charge in [0.15, 0.2) is 5.76 Å². The average molecular weight is 323 g/mol. The molecular weight excluding hydrogens is 306 g/mol. The van der Waals surface area contributed by atoms with Gasteiger partial charge in [0.2, 0.25) is 5.89 Å². The highest BCUT2D eigenvalue weighted by Gasteiger charge is 2.07. The molecule has 25 heavy (non-hydrogen) atoms. The van der Waals surface area contributed by atoms with Crippen molar-refractivity contribution >= 4 is 12.2 Å². The first-order chi connectivity index (χ1) is 12.4. The Bertz CT molecular complexity index is 968. The van der Waals surface area contributed by atoms with Crippen molar-refractivity contribution in [1.82, 2.24) is 4.98 Å². The van der Waals surface area contributed by atoms with Gasteiger partial charge in [0, 0.05) is 11.1 Å². The summed E-state index contributed by atoms with van der Waals surface area (Å²) in [7, 11) is 0. The van der Waals surface area contributed by atoms with Crippen LogP contribution in [0, 0.1) is 0 Å². The fourth-order valence-corrected chi connectivity index (χ4v) is 2.64. The topological polar surface area (TPSA) is 26.0 Å². The first-order valence-corrected chi connectivity index (χ1v) is 8.23. The third kappa shape index (κ3) is 3.59. The van der Waals surface area contributed by atoms with Crippen molar-refractivity contribution in [2.75, 3.05) is 0 Å². The van der Waals surface area contributed by atoms with Gasteiger partial charge in [-0.05, 0) is 23.3 Å². The van der Waals surface area contributed by atoms with Crippen LogP contribution in [0.4, 0.5) is 0 Å². The van der Waals surface area contributed by atoms with Crippen molar-refractivity contribution in [2.45, 2.75) is 0 Å². The largest absolute Gasteiger partial charge is 0.436 e. The summed E-state index contributed by atoms with van der Waals surface area (Å²) in [6, 6.07) is 28.5. The molecule has 2 nitrogen and oxygen atoms in total. The van der Waals surface area contributed by atoms with Gasteiger partial charge >= 0.3 is 0 Å². The Labute approximate surface area is 147 Å². The molecule has 4 aromatic rings. The van der Waals surface area contributed by atoms with E-state index in [9.17, 15) is 0 Å². The second kappa shape index (κ2) is 7.02. The predicted molar refractivity (Wildman–Crippen MR) is 103 cm³/mol. The van der Waals surface area contributed by atoms with Crippen LogP contribution in [0.15, 0.2) is 95.5 Å². The maximum atomic E-state index is 5.90. The molecule has 1 aromatic heterocycles. The van der Waals surface area contributed by atoms with Gasteiger partial charge in [0.25, 0.3) is 0 Å². The van der Waals surface area contributed by atoms with Gasteiger partial charge in [-0.15, -0.1) is 0 Å². The maximum absolute atomic E-state index is 5.90. The molecule has 0 spiro atoms. The van der Waals surface area contributed by atoms with E-state index >= 15 is 0 Å². The third-order valence-corrected chi connectivity index (χ3v) is 3.99. The number of nitrogens with zero attached hydrogens (tertiary/aromatic N) is 1. The van der Waals surface area contributed by atoms with Gasteiger partial charge in [-0.25, -0.2) is 4.98 Å². The highest BCUT2D eigenvalue weighted by Crippen LogP contribution is 2.26. The molecule has 0 aliphatic heterocycles. The van der Waals surface area contributed by atoms with Crippen LogP contribution in [-0.2, 0) is 0 Å². The molecule has 0 fully saturated rings. The van der Waals surface area contributed by atoms with Crippen molar-refractivity contribution < 1.29 is 4.42 Å². The lowest BCUT2D eigenvalue weighted by Gasteiger charge is -1.98. The minimum Gasteiger partial charge on any atom is -0.436 e. The van der Waals surface area contributed by atoms with E-state index in [-0.39, 0.29) is 0 Å². The maximum Gasteiger partial charge on any atom is 0.226 e. The zero-order valence-electron chi connectivity index (χ0n) is 13.7. The third-order valence-electron chi connectivity index (χ3n) is 3.99. The smallest absolute Gasteiger partial charge is 0.226 e. The summed E-state index contributed by atoms with van der Waals surface area (Å²) in [4.78, 5) is 4.40. The minimum absolute atomic E-state index is 0.637. The Kier molecular flexibility index (Phi) is 4.25. The van der Waals surface area contributed by atoms with E-state index < -0.39 is 0 Å². The zero-order chi connectivity index (χ0) is 16.9. The van der Waals surface area contributed by atoms with Gasteiger partial charge in [-0.2, -0.15) is 0 Å². The summed E-state index contributed by atoms with van der Waals surface area (Å²) in [6.45, 7) is 0. The Morgan fingerprint density at radius 1 is 0.600 bits per heavy atom. The lowest BCUT2D eigenvalue weighted by atomic mass is 10.1. The predicted octanol–water partition coefficient (Wildman–Crippen LogP) is 6.18. The van der Waals surface area contributed by atoms with Crippen molar-refractivity contribution in [1.29, 1.82) is 0 Å². The van der Waals surface area contributed by atoms with E-state index in [1.54, 1.807) is 6.20 Å². The van der Waals surface area contributed by atoms with Gasteiger partial charge in [-0.3, -0.25) is 0 Å². The van der Waals surface area contributed by atoms with E-state index in [4.69, 9.17) is 4.42 Å². The summed E-state index contributed by atoms with van der Waals surface area (Å²) >= 11 is 0. The number of oxazole rings is 1. The quantitative estimate of drug-likeness (QED) is 0.419. The fraction of sp³-hybridized carbons (Fsp3) is 0. The number of benzene rings is 3. The molecule has 0 N–H and O–H groups in total. The first-order valence-electron chi connectivity index (χ1n) is 8.23. The van der Waals surface area contributed by atoms with Crippen LogP contribution >= 0.6 is 0 Å². The second-order valence-electron chi connectivity index (χ2n) is 5.76. The number of aromatic nitrogens is 1. The summed E-state index contributed by atoms with van der Waals surface area (Å²) in [5.74, 6) is 1.42. The van der Waals surface area contributed by atoms with Crippen LogP contribution in [0.3, 0.4) is 0 Å². The van der Waals surface area contributed by atoms with Crippen molar-refractivity contribution in [2.24, 2.45) is 0 Å². The Morgan fingerprint density at radius 3 is 1.88 bits per heavy atom. The van der Waals surface area contributed by atoms with Gasteiger partial charge < -0.3 is 4.42 Å². The molecule has 120 valence electrons. The van der Waals surface area contributed by atoms with Crippen LogP contribution in [0.2, 0.25) is 0 Å². The number of hydrogen-bond acceptors (Lipinski definition) is 2. The van der Waals surface area contributed by atoms with Crippen LogP contribution in [0.1, 0.15) is 11.1 Å². The molecule has 1 heterocycles. The van der Waals surface area contributed by atoms with E-state index in [1.165, 1.54) is 5.56 Å². The highest BCUT2D eigenvalue weighted by atomic mass is 16.4. The average Bonchev–Trinajstić information content (AvgIpc) is 3.19. The van der Waals surface area contributed by atoms with Crippen LogP contribution < -0.4 is 0 Å². The van der Waals surface area contributed by atoms with Crippen LogP contribution in [-0.4, -0.2) is 4.98 Å². The summed E-state index contributed by atoms with van der Waals surface area (Å²) in [6.07, 6.45) is 5.98. The summed E-state index contributed by atoms with van der Waals surface area (Å²) in [5, 5.41) is 0. The molecule has 0 aliphatic carbocycles. The molecular formula is C23H17NO. The van der Waals surface area contributed by atoms with E-state index in [0.717, 1.165) is 22.5 Å². The normalized spacial score (nSPS) is 11.0. The molecule has 0 aliphatic rings. The fourth-order valence-electron chi connectivity index (χ4n) is 2.64. The van der Waals surface area contributed by atoms with E-state index in [2.05, 4.69) is 41.4 Å². The Morgan fingerprint density at radius 2 is 1.20 bits per heavy atom. The Hall–Kier alpha value is -3.39. The van der Waals surface area contributed by atoms with Gasteiger partial charge in [-0.1, -0.05) is 84.9 Å². The monoisotopic (exact) mass is 323 g/mol. The molecule has 4 rings (SSSR count). The van der Waals surface area contributed by atoms with Gasteiger partial charge in [0.05, 0.1) is 6.20 Å². The molecule has 0 saturated carbocycles. The molecule has 0 saturated heterocycles. The second-order valence-corrected chi connectivity index (χ2v) is 5.76. The molecule has 0 radical (unpaired) electrons. The SMILES string of the molecule is C(=Cc1ccc(-c2ncc(-c3ccccc3)o2)cc1)c1ccccc1. The van der Waals surface area contributed by atoms with Gasteiger partial charge in [0.1, 0.15) is 0 Å². The van der Waals surface area contributed by atoms with E-state index in [0.29, 0.717) is 5.89 Å². The first kappa shape index (κ1) is 15.2. The minimum atomic E-state index is 0.637.